The number of carbonyl (C=O) groups excluding carboxylic acids is 11. The van der Waals surface area contributed by atoms with E-state index in [2.05, 4.69) is 73.1 Å². The second kappa shape index (κ2) is 32.8. The van der Waals surface area contributed by atoms with Crippen LogP contribution in [0.1, 0.15) is 106 Å². The Morgan fingerprint density at radius 2 is 1.41 bits per heavy atom. The number of rotatable bonds is 12. The van der Waals surface area contributed by atoms with Crippen LogP contribution in [-0.2, 0) is 96.2 Å². The van der Waals surface area contributed by atoms with Gasteiger partial charge in [-0.2, -0.15) is 0 Å². The Morgan fingerprint density at radius 1 is 0.730 bits per heavy atom. The van der Waals surface area contributed by atoms with Crippen LogP contribution in [-0.4, -0.2) is 183 Å². The van der Waals surface area contributed by atoms with Crippen molar-refractivity contribution in [1.29, 1.82) is 0 Å². The van der Waals surface area contributed by atoms with Gasteiger partial charge >= 0.3 is 5.97 Å². The van der Waals surface area contributed by atoms with Crippen molar-refractivity contribution < 1.29 is 76.5 Å². The minimum atomic E-state index is -2.06. The molecule has 2 aliphatic heterocycles. The molecular formula is C67H79F2N17O14. The van der Waals surface area contributed by atoms with Gasteiger partial charge in [0.25, 0.3) is 0 Å². The first kappa shape index (κ1) is 72.8. The van der Waals surface area contributed by atoms with Crippen molar-refractivity contribution >= 4 is 87.4 Å². The van der Waals surface area contributed by atoms with Crippen molar-refractivity contribution in [2.75, 3.05) is 13.1 Å². The number of hydrogen-bond donors (Lipinski definition) is 14. The monoisotopic (exact) mass is 1380 g/mol. The normalized spacial score (nSPS) is 23.9. The van der Waals surface area contributed by atoms with E-state index in [4.69, 9.17) is 5.73 Å². The average molecular weight is 1380 g/mol. The third kappa shape index (κ3) is 19.0. The SMILES string of the molecule is CC(=O)N[C@H]1CCCn2cc(nn2)CCC[C@@H](C(N)=O)NC(=O)[C@]2(C)CCCN2C(=O)[C@H](Cc2ccc(O)cc2)NC(=O)[C@H](Cc2cnc[nH]2)NC(=O)[C@H](CC(=O)O)NC(=O)[C@H](Cc2c[nH]c3ccc(F)cc23)NC(=O)[C@H](CC2=CCc3ccc(F)cc32)NC(=O)CNC(=O)[C@H](C)NC1=O. The van der Waals surface area contributed by atoms with E-state index in [-0.39, 0.29) is 93.3 Å². The first-order valence-corrected chi connectivity index (χ1v) is 32.6. The number of H-pyrrole nitrogens is 2. The Hall–Kier alpha value is -11.4. The van der Waals surface area contributed by atoms with Gasteiger partial charge in [0.1, 0.15) is 71.3 Å². The van der Waals surface area contributed by atoms with Crippen LogP contribution in [0.3, 0.4) is 0 Å². The molecule has 3 aromatic carbocycles. The number of amides is 11. The predicted molar refractivity (Wildman–Crippen MR) is 352 cm³/mol. The molecule has 530 valence electrons. The summed E-state index contributed by atoms with van der Waals surface area (Å²) in [5, 5.41) is 52.2. The Morgan fingerprint density at radius 3 is 2.11 bits per heavy atom. The molecule has 0 unspecified atom stereocenters. The van der Waals surface area contributed by atoms with Crippen molar-refractivity contribution in [2.24, 2.45) is 5.73 Å². The molecule has 5 heterocycles. The van der Waals surface area contributed by atoms with Crippen LogP contribution in [0.5, 0.6) is 5.75 Å². The molecule has 3 aromatic heterocycles. The van der Waals surface area contributed by atoms with Gasteiger partial charge in [0, 0.05) is 80.9 Å². The van der Waals surface area contributed by atoms with Crippen LogP contribution in [0, 0.1) is 11.6 Å². The fraction of sp³-hybridized carbons (Fsp3) is 0.418. The quantitative estimate of drug-likeness (QED) is 0.0749. The molecule has 0 radical (unpaired) electrons. The zero-order valence-electron chi connectivity index (χ0n) is 55.0. The second-order valence-electron chi connectivity index (χ2n) is 25.3. The lowest BCUT2D eigenvalue weighted by Gasteiger charge is -2.37. The minimum Gasteiger partial charge on any atom is -0.508 e. The molecule has 1 saturated heterocycles. The highest BCUT2D eigenvalue weighted by atomic mass is 19.1. The molecule has 0 spiro atoms. The highest BCUT2D eigenvalue weighted by Crippen LogP contribution is 2.33. The number of fused-ring (bicyclic) bond motifs is 5. The topological polar surface area (TPSA) is 458 Å². The van der Waals surface area contributed by atoms with E-state index >= 15 is 9.59 Å². The lowest BCUT2D eigenvalue weighted by Crippen LogP contribution is -2.63. The fourth-order valence-corrected chi connectivity index (χ4v) is 12.4. The number of nitrogens with two attached hydrogens (primary N) is 1. The molecule has 1 fully saturated rings. The lowest BCUT2D eigenvalue weighted by atomic mass is 9.94. The maximum atomic E-state index is 15.2. The lowest BCUT2D eigenvalue weighted by molar-refractivity contribution is -0.147. The number of aliphatic carboxylic acids is 1. The zero-order chi connectivity index (χ0) is 71.9. The third-order valence-corrected chi connectivity index (χ3v) is 17.8. The Labute approximate surface area is 570 Å². The van der Waals surface area contributed by atoms with E-state index < -0.39 is 162 Å². The summed E-state index contributed by atoms with van der Waals surface area (Å²) in [5.41, 5.74) is 7.47. The molecule has 33 heteroatoms. The number of phenolic OH excluding ortho intramolecular Hbond substituents is 1. The molecule has 9 atom stereocenters. The number of phenols is 1. The number of primary amides is 1. The van der Waals surface area contributed by atoms with E-state index in [0.717, 1.165) is 6.07 Å². The van der Waals surface area contributed by atoms with Gasteiger partial charge in [-0.3, -0.25) is 62.2 Å². The summed E-state index contributed by atoms with van der Waals surface area (Å²) in [4.78, 5) is 180. The predicted octanol–water partition coefficient (Wildman–Crippen LogP) is -0.284. The minimum absolute atomic E-state index is 0.00691. The van der Waals surface area contributed by atoms with E-state index in [1.54, 1.807) is 18.3 Å². The van der Waals surface area contributed by atoms with Crippen LogP contribution in [0.15, 0.2) is 91.7 Å². The molecule has 2 bridgehead atoms. The third-order valence-electron chi connectivity index (χ3n) is 17.8. The van der Waals surface area contributed by atoms with Gasteiger partial charge in [0.05, 0.1) is 25.0 Å². The highest BCUT2D eigenvalue weighted by molar-refractivity contribution is 6.01. The number of aryl methyl sites for hydroxylation is 2. The first-order chi connectivity index (χ1) is 47.7. The smallest absolute Gasteiger partial charge is 0.305 e. The number of aromatic nitrogens is 6. The Bertz CT molecular complexity index is 4100. The van der Waals surface area contributed by atoms with E-state index in [0.29, 0.717) is 39.9 Å². The Balaban J connectivity index is 1.05. The first-order valence-electron chi connectivity index (χ1n) is 32.6. The maximum Gasteiger partial charge on any atom is 0.305 e. The number of carboxylic acids is 1. The summed E-state index contributed by atoms with van der Waals surface area (Å²) in [6, 6.07) is 1.00. The van der Waals surface area contributed by atoms with Gasteiger partial charge in [0.2, 0.25) is 65.0 Å². The van der Waals surface area contributed by atoms with Gasteiger partial charge in [-0.05, 0) is 136 Å². The molecule has 0 saturated carbocycles. The van der Waals surface area contributed by atoms with Gasteiger partial charge in [-0.15, -0.1) is 5.10 Å². The number of allylic oxidation sites excluding steroid dienone is 1. The van der Waals surface area contributed by atoms with Crippen LogP contribution >= 0.6 is 0 Å². The summed E-state index contributed by atoms with van der Waals surface area (Å²) in [5.74, 6) is -13.2. The highest BCUT2D eigenvalue weighted by Gasteiger charge is 2.49. The maximum absolute atomic E-state index is 15.2. The number of halogens is 2. The molecule has 9 rings (SSSR count). The van der Waals surface area contributed by atoms with Crippen molar-refractivity contribution in [3.8, 4) is 5.75 Å². The summed E-state index contributed by atoms with van der Waals surface area (Å²) in [7, 11) is 0. The molecule has 11 amide bonds. The fourth-order valence-electron chi connectivity index (χ4n) is 12.4. The molecular weight excluding hydrogens is 1300 g/mol. The van der Waals surface area contributed by atoms with Crippen molar-refractivity contribution in [1.82, 2.24) is 82.7 Å². The number of imidazole rings is 1. The number of aromatic hydroxyl groups is 1. The largest absolute Gasteiger partial charge is 0.508 e. The number of aromatic amines is 2. The second-order valence-corrected chi connectivity index (χ2v) is 25.3. The molecule has 3 aliphatic rings. The van der Waals surface area contributed by atoms with E-state index in [1.165, 1.54) is 97.6 Å². The van der Waals surface area contributed by atoms with E-state index in [1.807, 2.05) is 0 Å². The standard InChI is InChI=1S/C67H79F2N17O14/c1-35-59(93)73-32-56(89)77-51(24-39-13-12-38-14-15-41(68)26-46(38)39)61(95)78-52(25-40-30-72-48-19-16-42(69)27-47(40)48)62(96)80-54(29-57(90)91)64(98)79-53(28-44-31-71-34-74-44)63(97)81-55(23-37-10-17-45(88)18-11-37)65(99)86-22-6-20-67(86,3)66(100)82-49(58(70)92)8-4-7-43-33-85(84-83-43)21-5-9-50(60(94)75-35)76-36(2)87/h10-11,13-19,26-27,30-31,33-35,49-55,72,88H,4-9,12,20-25,28-29,32H2,1-3H3,(H2,70,92)(H,71,74)(H,73,93)(H,75,94)(H,76,87)(H,77,89)(H,78,95)(H,79,98)(H,80,96)(H,81,97)(H,82,100)(H,90,91)/t35-,49-,50-,51-,52-,53-,54-,55-,67-/m0/s1. The van der Waals surface area contributed by atoms with Crippen molar-refractivity contribution in [2.45, 2.75) is 165 Å². The molecule has 1 aliphatic carbocycles. The molecule has 31 nitrogen and oxygen atoms in total. The number of carboxylic acid groups (broad SMARTS) is 1. The number of hydrogen-bond acceptors (Lipinski definition) is 16. The van der Waals surface area contributed by atoms with Gasteiger partial charge < -0.3 is 78.7 Å². The van der Waals surface area contributed by atoms with Crippen LogP contribution in [0.2, 0.25) is 0 Å². The van der Waals surface area contributed by atoms with Crippen LogP contribution < -0.4 is 53.6 Å². The van der Waals surface area contributed by atoms with Gasteiger partial charge in [-0.1, -0.05) is 29.5 Å². The average Bonchev–Trinajstić information content (AvgIpc) is 1.60. The van der Waals surface area contributed by atoms with Crippen LogP contribution in [0.25, 0.3) is 16.5 Å². The van der Waals surface area contributed by atoms with Crippen molar-refractivity contribution in [3.05, 3.63) is 137 Å². The number of nitrogens with one attached hydrogen (secondary N) is 11. The summed E-state index contributed by atoms with van der Waals surface area (Å²) >= 11 is 0. The summed E-state index contributed by atoms with van der Waals surface area (Å²) < 4.78 is 31.3. The van der Waals surface area contributed by atoms with E-state index in [9.17, 15) is 66.9 Å². The number of benzene rings is 3. The molecule has 6 aromatic rings. The van der Waals surface area contributed by atoms with Gasteiger partial charge in [0.15, 0.2) is 0 Å². The number of carbonyl (C=O) groups is 12. The van der Waals surface area contributed by atoms with Gasteiger partial charge in [-0.25, -0.2) is 13.8 Å². The molecule has 100 heavy (non-hydrogen) atoms. The van der Waals surface area contributed by atoms with Crippen molar-refractivity contribution in [3.63, 3.8) is 0 Å². The summed E-state index contributed by atoms with van der Waals surface area (Å²) in [6.07, 6.45) is 6.28. The molecule has 15 N–H and O–H groups in total. The zero-order valence-corrected chi connectivity index (χ0v) is 55.0. The number of nitrogens with zero attached hydrogens (tertiary/aromatic N) is 5. The summed E-state index contributed by atoms with van der Waals surface area (Å²) in [6.45, 7) is 3.42. The van der Waals surface area contributed by atoms with Crippen LogP contribution in [0.4, 0.5) is 8.78 Å². The Kier molecular flexibility index (Phi) is 23.9.